The van der Waals surface area contributed by atoms with Crippen molar-refractivity contribution in [3.63, 3.8) is 0 Å². The summed E-state index contributed by atoms with van der Waals surface area (Å²) >= 11 is 6.19. The lowest BCUT2D eigenvalue weighted by Gasteiger charge is -2.19. The molecule has 6 nitrogen and oxygen atoms in total. The van der Waals surface area contributed by atoms with E-state index in [1.54, 1.807) is 71.9 Å². The fraction of sp³-hybridized carbons (Fsp3) is 0.167. The first-order valence-electron chi connectivity index (χ1n) is 10.3. The quantitative estimate of drug-likeness (QED) is 0.446. The first-order valence-corrected chi connectivity index (χ1v) is 12.1. The molecule has 0 unspecified atom stereocenters. The number of carbonyl (C=O) groups excluding carboxylic acids is 1. The molecule has 160 valence electrons. The van der Waals surface area contributed by atoms with Crippen molar-refractivity contribution in [2.75, 3.05) is 4.90 Å². The van der Waals surface area contributed by atoms with Crippen LogP contribution in [0.1, 0.15) is 24.1 Å². The summed E-state index contributed by atoms with van der Waals surface area (Å²) < 4.78 is 28.7. The highest BCUT2D eigenvalue weighted by molar-refractivity contribution is 7.90. The third-order valence-corrected chi connectivity index (χ3v) is 8.42. The highest BCUT2D eigenvalue weighted by atomic mass is 35.5. The van der Waals surface area contributed by atoms with Crippen LogP contribution in [0.25, 0.3) is 10.9 Å². The van der Waals surface area contributed by atoms with Crippen LogP contribution in [0.5, 0.6) is 0 Å². The molecule has 1 aliphatic heterocycles. The fourth-order valence-corrected chi connectivity index (χ4v) is 6.46. The minimum atomic E-state index is -3.90. The van der Waals surface area contributed by atoms with Gasteiger partial charge in [-0.2, -0.15) is 0 Å². The lowest BCUT2D eigenvalue weighted by atomic mass is 9.99. The molecule has 1 amide bonds. The number of benzene rings is 2. The van der Waals surface area contributed by atoms with Crippen LogP contribution in [-0.2, 0) is 26.8 Å². The predicted molar refractivity (Wildman–Crippen MR) is 122 cm³/mol. The summed E-state index contributed by atoms with van der Waals surface area (Å²) in [6.07, 6.45) is 5.00. The van der Waals surface area contributed by atoms with E-state index in [1.165, 1.54) is 3.97 Å². The molecule has 32 heavy (non-hydrogen) atoms. The summed E-state index contributed by atoms with van der Waals surface area (Å²) in [5, 5.41) is 1.22. The maximum Gasteiger partial charge on any atom is 0.268 e. The van der Waals surface area contributed by atoms with Gasteiger partial charge in [-0.1, -0.05) is 29.8 Å². The van der Waals surface area contributed by atoms with Crippen LogP contribution in [0.4, 0.5) is 5.69 Å². The van der Waals surface area contributed by atoms with Crippen LogP contribution in [0.3, 0.4) is 0 Å². The van der Waals surface area contributed by atoms with Gasteiger partial charge in [-0.25, -0.2) is 12.4 Å². The van der Waals surface area contributed by atoms with Crippen LogP contribution in [0, 0.1) is 0 Å². The maximum atomic E-state index is 13.7. The summed E-state index contributed by atoms with van der Waals surface area (Å²) in [4.78, 5) is 19.4. The van der Waals surface area contributed by atoms with E-state index < -0.39 is 15.4 Å². The van der Waals surface area contributed by atoms with Crippen molar-refractivity contribution in [2.24, 2.45) is 0 Å². The Morgan fingerprint density at radius 1 is 1.03 bits per heavy atom. The molecule has 0 bridgehead atoms. The second kappa shape index (κ2) is 6.67. The number of fused-ring (bicyclic) bond motifs is 3. The molecule has 0 atom stereocenters. The number of carbonyl (C=O) groups is 1. The van der Waals surface area contributed by atoms with E-state index in [-0.39, 0.29) is 17.3 Å². The monoisotopic (exact) mass is 463 g/mol. The van der Waals surface area contributed by atoms with E-state index in [1.807, 2.05) is 6.07 Å². The highest BCUT2D eigenvalue weighted by Crippen LogP contribution is 2.57. The smallest absolute Gasteiger partial charge is 0.268 e. The number of hydrogen-bond acceptors (Lipinski definition) is 4. The SMILES string of the molecule is O=C1N(Cc2cc3cc(Cl)ccc3n2S(=O)(=O)c2ccccc2)c2cnccc2C12CC2. The first kappa shape index (κ1) is 19.5. The van der Waals surface area contributed by atoms with Crippen molar-refractivity contribution in [1.82, 2.24) is 8.96 Å². The van der Waals surface area contributed by atoms with Crippen LogP contribution in [0.15, 0.2) is 78.0 Å². The van der Waals surface area contributed by atoms with E-state index in [0.717, 1.165) is 24.1 Å². The van der Waals surface area contributed by atoms with E-state index in [4.69, 9.17) is 11.6 Å². The third kappa shape index (κ3) is 2.68. The molecule has 2 aromatic carbocycles. The van der Waals surface area contributed by atoms with Gasteiger partial charge in [-0.05, 0) is 60.9 Å². The molecule has 0 saturated heterocycles. The zero-order chi connectivity index (χ0) is 22.1. The molecule has 1 fully saturated rings. The number of anilines is 1. The predicted octanol–water partition coefficient (Wildman–Crippen LogP) is 4.51. The Morgan fingerprint density at radius 2 is 1.81 bits per heavy atom. The van der Waals surface area contributed by atoms with E-state index in [2.05, 4.69) is 4.98 Å². The highest BCUT2D eigenvalue weighted by Gasteiger charge is 2.59. The van der Waals surface area contributed by atoms with Crippen LogP contribution < -0.4 is 4.90 Å². The number of amides is 1. The average Bonchev–Trinajstić information content (AvgIpc) is 3.48. The zero-order valence-corrected chi connectivity index (χ0v) is 18.5. The van der Waals surface area contributed by atoms with Crippen molar-refractivity contribution in [2.45, 2.75) is 29.7 Å². The number of rotatable bonds is 4. The molecular weight excluding hydrogens is 446 g/mol. The van der Waals surface area contributed by atoms with Crippen LogP contribution in [0.2, 0.25) is 5.02 Å². The van der Waals surface area contributed by atoms with Crippen molar-refractivity contribution in [1.29, 1.82) is 0 Å². The maximum absolute atomic E-state index is 13.7. The van der Waals surface area contributed by atoms with E-state index in [9.17, 15) is 13.2 Å². The van der Waals surface area contributed by atoms with Gasteiger partial charge in [0.15, 0.2) is 0 Å². The normalized spacial score (nSPS) is 16.7. The second-order valence-electron chi connectivity index (χ2n) is 8.29. The summed E-state index contributed by atoms with van der Waals surface area (Å²) in [5.41, 5.74) is 2.27. The molecule has 4 aromatic rings. The average molecular weight is 464 g/mol. The van der Waals surface area contributed by atoms with E-state index in [0.29, 0.717) is 21.6 Å². The number of halogens is 1. The third-order valence-electron chi connectivity index (χ3n) is 6.40. The zero-order valence-electron chi connectivity index (χ0n) is 16.9. The Balaban J connectivity index is 1.54. The minimum absolute atomic E-state index is 0.00690. The molecule has 8 heteroatoms. The molecule has 2 aliphatic rings. The van der Waals surface area contributed by atoms with Crippen molar-refractivity contribution >= 4 is 44.1 Å². The summed E-state index contributed by atoms with van der Waals surface area (Å²) in [6, 6.07) is 17.1. The van der Waals surface area contributed by atoms with Gasteiger partial charge in [-0.3, -0.25) is 9.78 Å². The number of pyridine rings is 1. The molecule has 2 aromatic heterocycles. The first-order chi connectivity index (χ1) is 15.4. The van der Waals surface area contributed by atoms with E-state index >= 15 is 0 Å². The summed E-state index contributed by atoms with van der Waals surface area (Å²) in [7, 11) is -3.90. The number of nitrogens with zero attached hydrogens (tertiary/aromatic N) is 3. The van der Waals surface area contributed by atoms with Crippen molar-refractivity contribution in [3.8, 4) is 0 Å². The fourth-order valence-electron chi connectivity index (χ4n) is 4.73. The van der Waals surface area contributed by atoms with Gasteiger partial charge in [0.2, 0.25) is 5.91 Å². The molecule has 1 spiro atoms. The Hall–Kier alpha value is -3.16. The Kier molecular flexibility index (Phi) is 4.07. The van der Waals surface area contributed by atoms with Gasteiger partial charge in [0, 0.05) is 16.6 Å². The molecular formula is C24H18ClN3O3S. The Labute approximate surface area is 190 Å². The summed E-state index contributed by atoms with van der Waals surface area (Å²) in [6.45, 7) is 0.123. The van der Waals surface area contributed by atoms with Gasteiger partial charge in [0.05, 0.1) is 40.0 Å². The largest absolute Gasteiger partial charge is 0.304 e. The van der Waals surface area contributed by atoms with Gasteiger partial charge < -0.3 is 4.90 Å². The van der Waals surface area contributed by atoms with Gasteiger partial charge in [0.25, 0.3) is 10.0 Å². The summed E-state index contributed by atoms with van der Waals surface area (Å²) in [5.74, 6) is 0.00690. The van der Waals surface area contributed by atoms with Gasteiger partial charge >= 0.3 is 0 Å². The van der Waals surface area contributed by atoms with Gasteiger partial charge in [-0.15, -0.1) is 0 Å². The Bertz CT molecular complexity index is 1510. The molecule has 3 heterocycles. The topological polar surface area (TPSA) is 72.3 Å². The second-order valence-corrected chi connectivity index (χ2v) is 10.5. The Morgan fingerprint density at radius 3 is 2.56 bits per heavy atom. The lowest BCUT2D eigenvalue weighted by Crippen LogP contribution is -2.32. The van der Waals surface area contributed by atoms with Crippen LogP contribution >= 0.6 is 11.6 Å². The molecule has 0 N–H and O–H groups in total. The molecule has 1 saturated carbocycles. The van der Waals surface area contributed by atoms with Gasteiger partial charge in [0.1, 0.15) is 0 Å². The number of hydrogen-bond donors (Lipinski definition) is 0. The standard InChI is InChI=1S/C24H18ClN3O3S/c25-17-6-7-21-16(12-17)13-18(28(21)32(30,31)19-4-2-1-3-5-19)15-27-22-14-26-11-8-20(22)24(9-10-24)23(27)29/h1-8,11-14H,9-10,15H2. The minimum Gasteiger partial charge on any atom is -0.304 e. The van der Waals surface area contributed by atoms with Crippen LogP contribution in [-0.4, -0.2) is 23.3 Å². The molecule has 1 aliphatic carbocycles. The number of aromatic nitrogens is 2. The lowest BCUT2D eigenvalue weighted by molar-refractivity contribution is -0.120. The van der Waals surface area contributed by atoms with Crippen molar-refractivity contribution in [3.05, 3.63) is 89.3 Å². The molecule has 6 rings (SSSR count). The molecule has 0 radical (unpaired) electrons. The van der Waals surface area contributed by atoms with Crippen molar-refractivity contribution < 1.29 is 13.2 Å².